The van der Waals surface area contributed by atoms with E-state index in [2.05, 4.69) is 9.97 Å². The summed E-state index contributed by atoms with van der Waals surface area (Å²) < 4.78 is 20.4. The van der Waals surface area contributed by atoms with Crippen LogP contribution in [0.4, 0.5) is 10.3 Å². The van der Waals surface area contributed by atoms with Gasteiger partial charge in [-0.15, -0.1) is 0 Å². The van der Waals surface area contributed by atoms with E-state index >= 15 is 0 Å². The Morgan fingerprint density at radius 2 is 1.93 bits per heavy atom. The fourth-order valence-corrected chi connectivity index (χ4v) is 4.32. The number of aromatic amines is 1. The number of aryl methyl sites for hydroxylation is 2. The first-order valence-corrected chi connectivity index (χ1v) is 9.90. The molecule has 0 saturated carbocycles. The van der Waals surface area contributed by atoms with E-state index in [1.54, 1.807) is 18.9 Å². The first kappa shape index (κ1) is 20.1. The number of hydrogen-bond donors (Lipinski definition) is 1. The third-order valence-electron chi connectivity index (χ3n) is 5.97. The predicted octanol–water partition coefficient (Wildman–Crippen LogP) is 0.387. The summed E-state index contributed by atoms with van der Waals surface area (Å²) in [6, 6.07) is 1.31. The van der Waals surface area contributed by atoms with Crippen molar-refractivity contribution in [3.63, 3.8) is 0 Å². The summed E-state index contributed by atoms with van der Waals surface area (Å²) in [5.41, 5.74) is -0.491. The van der Waals surface area contributed by atoms with Gasteiger partial charge in [-0.05, 0) is 6.42 Å². The maximum absolute atomic E-state index is 13.8. The van der Waals surface area contributed by atoms with Crippen LogP contribution < -0.4 is 20.8 Å². The van der Waals surface area contributed by atoms with Gasteiger partial charge in [0.15, 0.2) is 0 Å². The number of carbonyl (C=O) groups is 1. The number of halogens is 1. The van der Waals surface area contributed by atoms with Gasteiger partial charge in [0.2, 0.25) is 11.8 Å². The molecule has 2 aliphatic heterocycles. The number of methoxy groups -OCH3 is 1. The maximum atomic E-state index is 13.8. The van der Waals surface area contributed by atoms with Crippen molar-refractivity contribution in [1.29, 1.82) is 0 Å². The Balaban J connectivity index is 1.50. The second-order valence-electron chi connectivity index (χ2n) is 7.84. The summed E-state index contributed by atoms with van der Waals surface area (Å²) in [5.74, 6) is 0.0710. The standard InChI is InChI=1S/C20H24FN5O4/c1-4-14-17(21)18(28)23-20(22-14)26-8-11-6-25(7-12(11)9-26)19(29)13-10-24(2)16(27)5-15(13)30-3/h5,10-12H,4,6-9H2,1-3H3,(H,22,23,28). The number of amides is 1. The van der Waals surface area contributed by atoms with E-state index in [0.717, 1.165) is 0 Å². The molecular formula is C20H24FN5O4. The first-order valence-electron chi connectivity index (χ1n) is 9.90. The molecule has 160 valence electrons. The van der Waals surface area contributed by atoms with Crippen LogP contribution in [0.5, 0.6) is 5.75 Å². The third-order valence-corrected chi connectivity index (χ3v) is 5.97. The lowest BCUT2D eigenvalue weighted by Gasteiger charge is -2.23. The number of carbonyl (C=O) groups excluding carboxylic acids is 1. The topological polar surface area (TPSA) is 101 Å². The van der Waals surface area contributed by atoms with E-state index in [0.29, 0.717) is 44.1 Å². The average Bonchev–Trinajstić information content (AvgIpc) is 3.30. The van der Waals surface area contributed by atoms with Crippen molar-refractivity contribution in [2.24, 2.45) is 18.9 Å². The number of ether oxygens (including phenoxy) is 1. The van der Waals surface area contributed by atoms with Gasteiger partial charge in [0, 0.05) is 57.3 Å². The van der Waals surface area contributed by atoms with Crippen LogP contribution >= 0.6 is 0 Å². The van der Waals surface area contributed by atoms with Crippen molar-refractivity contribution >= 4 is 11.9 Å². The number of fused-ring (bicyclic) bond motifs is 1. The number of rotatable bonds is 4. The minimum atomic E-state index is -0.830. The summed E-state index contributed by atoms with van der Waals surface area (Å²) in [4.78, 5) is 47.2. The highest BCUT2D eigenvalue weighted by atomic mass is 19.1. The summed E-state index contributed by atoms with van der Waals surface area (Å²) in [7, 11) is 3.03. The van der Waals surface area contributed by atoms with Crippen LogP contribution in [0, 0.1) is 17.7 Å². The second kappa shape index (κ2) is 7.58. The zero-order chi connectivity index (χ0) is 21.6. The van der Waals surface area contributed by atoms with Crippen LogP contribution in [0.2, 0.25) is 0 Å². The first-order chi connectivity index (χ1) is 14.3. The normalized spacial score (nSPS) is 20.5. The number of anilines is 1. The van der Waals surface area contributed by atoms with Crippen molar-refractivity contribution in [1.82, 2.24) is 19.4 Å². The highest BCUT2D eigenvalue weighted by Crippen LogP contribution is 2.34. The molecule has 2 aromatic rings. The molecular weight excluding hydrogens is 393 g/mol. The number of likely N-dealkylation sites (tertiary alicyclic amines) is 1. The van der Waals surface area contributed by atoms with Gasteiger partial charge in [0.25, 0.3) is 17.0 Å². The number of aromatic nitrogens is 3. The Morgan fingerprint density at radius 1 is 1.27 bits per heavy atom. The van der Waals surface area contributed by atoms with Crippen LogP contribution in [0.3, 0.4) is 0 Å². The van der Waals surface area contributed by atoms with Gasteiger partial charge < -0.3 is 19.1 Å². The van der Waals surface area contributed by atoms with Crippen LogP contribution in [0.1, 0.15) is 23.0 Å². The molecule has 0 radical (unpaired) electrons. The molecule has 30 heavy (non-hydrogen) atoms. The lowest BCUT2D eigenvalue weighted by molar-refractivity contribution is 0.0778. The van der Waals surface area contributed by atoms with Crippen molar-refractivity contribution in [3.8, 4) is 5.75 Å². The molecule has 0 aromatic carbocycles. The van der Waals surface area contributed by atoms with E-state index in [9.17, 15) is 18.8 Å². The van der Waals surface area contributed by atoms with Crippen LogP contribution in [0.15, 0.2) is 21.9 Å². The highest BCUT2D eigenvalue weighted by Gasteiger charge is 2.43. The van der Waals surface area contributed by atoms with Crippen LogP contribution in [-0.2, 0) is 13.5 Å². The monoisotopic (exact) mass is 417 g/mol. The third kappa shape index (κ3) is 3.35. The predicted molar refractivity (Wildman–Crippen MR) is 108 cm³/mol. The fraction of sp³-hybridized carbons (Fsp3) is 0.500. The van der Waals surface area contributed by atoms with Gasteiger partial charge in [-0.2, -0.15) is 4.39 Å². The molecule has 9 nitrogen and oxygen atoms in total. The summed E-state index contributed by atoms with van der Waals surface area (Å²) in [5, 5.41) is 0. The van der Waals surface area contributed by atoms with Crippen molar-refractivity contribution < 1.29 is 13.9 Å². The Labute approximate surface area is 172 Å². The van der Waals surface area contributed by atoms with Gasteiger partial charge in [0.05, 0.1) is 18.4 Å². The molecule has 0 aliphatic carbocycles. The second-order valence-corrected chi connectivity index (χ2v) is 7.84. The van der Waals surface area contributed by atoms with E-state index < -0.39 is 11.4 Å². The van der Waals surface area contributed by atoms with E-state index in [4.69, 9.17) is 4.74 Å². The number of pyridine rings is 1. The van der Waals surface area contributed by atoms with Gasteiger partial charge in [-0.1, -0.05) is 6.92 Å². The quantitative estimate of drug-likeness (QED) is 0.772. The molecule has 4 heterocycles. The molecule has 2 aliphatic rings. The molecule has 2 aromatic heterocycles. The SMILES string of the molecule is CCc1nc(N2CC3CN(C(=O)c4cn(C)c(=O)cc4OC)CC3C2)[nH]c(=O)c1F. The zero-order valence-electron chi connectivity index (χ0n) is 17.1. The largest absolute Gasteiger partial charge is 0.496 e. The minimum absolute atomic E-state index is 0.157. The fourth-order valence-electron chi connectivity index (χ4n) is 4.32. The number of hydrogen-bond acceptors (Lipinski definition) is 6. The smallest absolute Gasteiger partial charge is 0.288 e. The number of nitrogens with zero attached hydrogens (tertiary/aromatic N) is 4. The summed E-state index contributed by atoms with van der Waals surface area (Å²) >= 11 is 0. The van der Waals surface area contributed by atoms with Gasteiger partial charge in [-0.3, -0.25) is 19.4 Å². The van der Waals surface area contributed by atoms with Crippen LogP contribution in [-0.4, -0.2) is 58.6 Å². The van der Waals surface area contributed by atoms with E-state index in [1.807, 2.05) is 4.90 Å². The molecule has 2 unspecified atom stereocenters. The molecule has 0 spiro atoms. The molecule has 2 saturated heterocycles. The minimum Gasteiger partial charge on any atom is -0.496 e. The van der Waals surface area contributed by atoms with Crippen molar-refractivity contribution in [3.05, 3.63) is 50.0 Å². The molecule has 2 fully saturated rings. The van der Waals surface area contributed by atoms with Crippen molar-refractivity contribution in [2.45, 2.75) is 13.3 Å². The lowest BCUT2D eigenvalue weighted by Crippen LogP contribution is -2.35. The van der Waals surface area contributed by atoms with Crippen LogP contribution in [0.25, 0.3) is 0 Å². The van der Waals surface area contributed by atoms with E-state index in [-0.39, 0.29) is 34.7 Å². The van der Waals surface area contributed by atoms with Crippen molar-refractivity contribution in [2.75, 3.05) is 38.2 Å². The Bertz CT molecular complexity index is 1100. The Hall–Kier alpha value is -3.17. The average molecular weight is 417 g/mol. The molecule has 10 heteroatoms. The number of H-pyrrole nitrogens is 1. The van der Waals surface area contributed by atoms with E-state index in [1.165, 1.54) is 23.9 Å². The van der Waals surface area contributed by atoms with Gasteiger partial charge >= 0.3 is 0 Å². The highest BCUT2D eigenvalue weighted by molar-refractivity contribution is 5.96. The zero-order valence-corrected chi connectivity index (χ0v) is 17.1. The molecule has 0 bridgehead atoms. The Morgan fingerprint density at radius 3 is 2.53 bits per heavy atom. The van der Waals surface area contributed by atoms with Gasteiger partial charge in [-0.25, -0.2) is 4.98 Å². The molecule has 4 rings (SSSR count). The summed E-state index contributed by atoms with van der Waals surface area (Å²) in [6.45, 7) is 4.10. The lowest BCUT2D eigenvalue weighted by atomic mass is 10.0. The summed E-state index contributed by atoms with van der Waals surface area (Å²) in [6.07, 6.45) is 1.84. The Kier molecular flexibility index (Phi) is 5.08. The number of nitrogens with one attached hydrogen (secondary N) is 1. The maximum Gasteiger partial charge on any atom is 0.288 e. The molecule has 1 N–H and O–H groups in total. The van der Waals surface area contributed by atoms with Gasteiger partial charge in [0.1, 0.15) is 5.75 Å². The molecule has 1 amide bonds. The molecule has 2 atom stereocenters.